The monoisotopic (exact) mass is 293 g/mol. The minimum atomic E-state index is -4.37. The van der Waals surface area contributed by atoms with Crippen molar-refractivity contribution < 1.29 is 27.4 Å². The van der Waals surface area contributed by atoms with Crippen LogP contribution in [0.5, 0.6) is 11.5 Å². The highest BCUT2D eigenvalue weighted by molar-refractivity contribution is 5.40. The maximum absolute atomic E-state index is 11.9. The molecule has 0 amide bonds. The smallest absolute Gasteiger partial charge is 0.411 e. The Kier molecular flexibility index (Phi) is 6.60. The lowest BCUT2D eigenvalue weighted by Gasteiger charge is -2.13. The molecule has 0 aliphatic heterocycles. The fraction of sp³-hybridized carbons (Fsp3) is 0.538. The lowest BCUT2D eigenvalue weighted by molar-refractivity contribution is -0.186. The summed E-state index contributed by atoms with van der Waals surface area (Å²) in [7, 11) is 0. The van der Waals surface area contributed by atoms with Crippen molar-refractivity contribution in [1.82, 2.24) is 0 Å². The Bertz CT molecular complexity index is 410. The van der Waals surface area contributed by atoms with Crippen molar-refractivity contribution in [2.24, 2.45) is 5.73 Å². The number of ether oxygens (including phenoxy) is 3. The van der Waals surface area contributed by atoms with E-state index in [4.69, 9.17) is 15.2 Å². The van der Waals surface area contributed by atoms with Gasteiger partial charge in [-0.2, -0.15) is 13.2 Å². The maximum atomic E-state index is 11.9. The van der Waals surface area contributed by atoms with Crippen molar-refractivity contribution in [2.45, 2.75) is 26.1 Å². The molecule has 0 aromatic heterocycles. The number of alkyl halides is 3. The van der Waals surface area contributed by atoms with Gasteiger partial charge in [0.25, 0.3) is 0 Å². The fourth-order valence-corrected chi connectivity index (χ4v) is 1.41. The summed E-state index contributed by atoms with van der Waals surface area (Å²) in [6.07, 6.45) is -3.52. The molecule has 0 heterocycles. The first-order valence-corrected chi connectivity index (χ1v) is 6.19. The molecule has 0 aliphatic carbocycles. The van der Waals surface area contributed by atoms with Gasteiger partial charge in [-0.15, -0.1) is 0 Å². The number of nitrogens with two attached hydrogens (primary N) is 1. The van der Waals surface area contributed by atoms with Gasteiger partial charge in [0.05, 0.1) is 6.61 Å². The van der Waals surface area contributed by atoms with Crippen LogP contribution in [0.25, 0.3) is 0 Å². The third-order valence-electron chi connectivity index (χ3n) is 2.29. The van der Waals surface area contributed by atoms with Crippen LogP contribution >= 0.6 is 0 Å². The first kappa shape index (κ1) is 16.6. The Morgan fingerprint density at radius 1 is 1.20 bits per heavy atom. The van der Waals surface area contributed by atoms with Gasteiger partial charge in [-0.05, 0) is 12.5 Å². The van der Waals surface area contributed by atoms with Gasteiger partial charge in [0, 0.05) is 18.2 Å². The van der Waals surface area contributed by atoms with E-state index >= 15 is 0 Å². The molecule has 20 heavy (non-hydrogen) atoms. The molecule has 0 fully saturated rings. The Morgan fingerprint density at radius 2 is 1.95 bits per heavy atom. The Labute approximate surface area is 115 Å². The highest BCUT2D eigenvalue weighted by Crippen LogP contribution is 2.25. The molecule has 114 valence electrons. The zero-order valence-corrected chi connectivity index (χ0v) is 11.2. The van der Waals surface area contributed by atoms with Gasteiger partial charge in [-0.25, -0.2) is 0 Å². The van der Waals surface area contributed by atoms with Crippen LogP contribution in [0.4, 0.5) is 13.2 Å². The van der Waals surface area contributed by atoms with Gasteiger partial charge in [0.15, 0.2) is 6.79 Å². The third-order valence-corrected chi connectivity index (χ3v) is 2.29. The molecule has 0 atom stereocenters. The Morgan fingerprint density at radius 3 is 2.55 bits per heavy atom. The molecular weight excluding hydrogens is 275 g/mol. The molecule has 4 nitrogen and oxygen atoms in total. The van der Waals surface area contributed by atoms with Crippen LogP contribution in [0.3, 0.4) is 0 Å². The summed E-state index contributed by atoms with van der Waals surface area (Å²) in [5.41, 5.74) is 6.20. The normalized spacial score (nSPS) is 11.4. The van der Waals surface area contributed by atoms with Crippen LogP contribution in [0.15, 0.2) is 18.2 Å². The number of benzene rings is 1. The quantitative estimate of drug-likeness (QED) is 0.591. The summed E-state index contributed by atoms with van der Waals surface area (Å²) in [4.78, 5) is 0. The average molecular weight is 293 g/mol. The van der Waals surface area contributed by atoms with Crippen molar-refractivity contribution in [2.75, 3.05) is 20.0 Å². The van der Waals surface area contributed by atoms with E-state index in [9.17, 15) is 13.2 Å². The molecule has 7 heteroatoms. The fourth-order valence-electron chi connectivity index (χ4n) is 1.41. The standard InChI is InChI=1S/C13H18F3NO3/c1-2-5-19-11-4-3-10(7-17)12(6-11)20-9-18-8-13(14,15)16/h3-4,6H,2,5,7-9,17H2,1H3. The minimum absolute atomic E-state index is 0.211. The van der Waals surface area contributed by atoms with E-state index in [0.717, 1.165) is 6.42 Å². The van der Waals surface area contributed by atoms with Crippen LogP contribution in [-0.2, 0) is 11.3 Å². The second-order valence-electron chi connectivity index (χ2n) is 4.05. The second-order valence-corrected chi connectivity index (χ2v) is 4.05. The highest BCUT2D eigenvalue weighted by atomic mass is 19.4. The van der Waals surface area contributed by atoms with Crippen LogP contribution in [0.2, 0.25) is 0 Å². The number of hydrogen-bond donors (Lipinski definition) is 1. The topological polar surface area (TPSA) is 53.7 Å². The summed E-state index contributed by atoms with van der Waals surface area (Å²) in [6.45, 7) is 0.881. The highest BCUT2D eigenvalue weighted by Gasteiger charge is 2.27. The van der Waals surface area contributed by atoms with Gasteiger partial charge < -0.3 is 19.9 Å². The number of halogens is 3. The van der Waals surface area contributed by atoms with Gasteiger partial charge in [0.2, 0.25) is 0 Å². The van der Waals surface area contributed by atoms with E-state index < -0.39 is 19.6 Å². The van der Waals surface area contributed by atoms with E-state index in [0.29, 0.717) is 23.7 Å². The molecule has 1 aromatic carbocycles. The van der Waals surface area contributed by atoms with Crippen LogP contribution in [-0.4, -0.2) is 26.2 Å². The molecule has 1 rings (SSSR count). The van der Waals surface area contributed by atoms with Gasteiger partial charge in [0.1, 0.15) is 18.1 Å². The molecule has 0 saturated heterocycles. The van der Waals surface area contributed by atoms with Crippen LogP contribution < -0.4 is 15.2 Å². The SMILES string of the molecule is CCCOc1ccc(CN)c(OCOCC(F)(F)F)c1. The van der Waals surface area contributed by atoms with Crippen molar-refractivity contribution in [1.29, 1.82) is 0 Å². The lowest BCUT2D eigenvalue weighted by atomic mass is 10.2. The summed E-state index contributed by atoms with van der Waals surface area (Å²) in [5, 5.41) is 0. The van der Waals surface area contributed by atoms with E-state index in [1.54, 1.807) is 18.2 Å². The first-order valence-electron chi connectivity index (χ1n) is 6.19. The molecule has 0 aliphatic rings. The predicted octanol–water partition coefficient (Wildman–Crippen LogP) is 2.85. The molecule has 0 unspecified atom stereocenters. The molecule has 0 spiro atoms. The Balaban J connectivity index is 2.57. The van der Waals surface area contributed by atoms with Gasteiger partial charge >= 0.3 is 6.18 Å². The lowest BCUT2D eigenvalue weighted by Crippen LogP contribution is -2.19. The molecule has 0 saturated carbocycles. The minimum Gasteiger partial charge on any atom is -0.493 e. The summed E-state index contributed by atoms with van der Waals surface area (Å²) >= 11 is 0. The summed E-state index contributed by atoms with van der Waals surface area (Å²) in [5.74, 6) is 0.943. The molecule has 0 bridgehead atoms. The van der Waals surface area contributed by atoms with Crippen molar-refractivity contribution in [3.05, 3.63) is 23.8 Å². The van der Waals surface area contributed by atoms with Gasteiger partial charge in [-0.3, -0.25) is 0 Å². The van der Waals surface area contributed by atoms with Gasteiger partial charge in [-0.1, -0.05) is 13.0 Å². The Hall–Kier alpha value is -1.47. The molecular formula is C13H18F3NO3. The zero-order valence-electron chi connectivity index (χ0n) is 11.2. The predicted molar refractivity (Wildman–Crippen MR) is 67.6 cm³/mol. The van der Waals surface area contributed by atoms with Crippen molar-refractivity contribution in [3.63, 3.8) is 0 Å². The molecule has 2 N–H and O–H groups in total. The van der Waals surface area contributed by atoms with E-state index in [1.165, 1.54) is 0 Å². The zero-order chi connectivity index (χ0) is 15.0. The van der Waals surface area contributed by atoms with Crippen LogP contribution in [0, 0.1) is 0 Å². The van der Waals surface area contributed by atoms with Crippen molar-refractivity contribution >= 4 is 0 Å². The average Bonchev–Trinajstić information content (AvgIpc) is 2.40. The van der Waals surface area contributed by atoms with E-state index in [1.807, 2.05) is 6.92 Å². The number of rotatable bonds is 8. The maximum Gasteiger partial charge on any atom is 0.411 e. The van der Waals surface area contributed by atoms with E-state index in [-0.39, 0.29) is 6.54 Å². The molecule has 1 aromatic rings. The van der Waals surface area contributed by atoms with E-state index in [2.05, 4.69) is 4.74 Å². The van der Waals surface area contributed by atoms with Crippen LogP contribution in [0.1, 0.15) is 18.9 Å². The summed E-state index contributed by atoms with van der Waals surface area (Å²) < 4.78 is 50.7. The largest absolute Gasteiger partial charge is 0.493 e. The number of hydrogen-bond acceptors (Lipinski definition) is 4. The van der Waals surface area contributed by atoms with Crippen molar-refractivity contribution in [3.8, 4) is 11.5 Å². The second kappa shape index (κ2) is 7.96. The molecule has 0 radical (unpaired) electrons. The first-order chi connectivity index (χ1) is 9.46. The third kappa shape index (κ3) is 6.12. The summed E-state index contributed by atoms with van der Waals surface area (Å²) in [6, 6.07) is 5.04.